The van der Waals surface area contributed by atoms with Gasteiger partial charge >= 0.3 is 6.18 Å². The molecule has 2 rings (SSSR count). The number of thiazole rings is 1. The number of halogens is 4. The number of likely N-dealkylation sites (tertiary alicyclic amines) is 1. The Hall–Kier alpha value is -1.11. The fraction of sp³-hybridized carbons (Fsp3) is 0.706. The van der Waals surface area contributed by atoms with Gasteiger partial charge in [0.1, 0.15) is 5.01 Å². The molecule has 2 N–H and O–H groups in total. The molecule has 0 bridgehead atoms. The highest BCUT2D eigenvalue weighted by Gasteiger charge is 2.33. The third-order valence-corrected chi connectivity index (χ3v) is 5.18. The van der Waals surface area contributed by atoms with E-state index in [1.807, 2.05) is 11.8 Å². The van der Waals surface area contributed by atoms with E-state index in [1.54, 1.807) is 0 Å². The number of guanidine groups is 1. The first kappa shape index (κ1) is 24.9. The Morgan fingerprint density at radius 2 is 2.14 bits per heavy atom. The number of nitrogens with zero attached hydrogens (tertiary/aromatic N) is 3. The number of aromatic nitrogens is 1. The van der Waals surface area contributed by atoms with Gasteiger partial charge in [-0.15, -0.1) is 35.3 Å². The molecule has 1 aliphatic rings. The molecule has 2 heterocycles. The SMILES string of the molecule is CCNC(=NCc1nc(C(F)(F)F)cs1)NCCC(CC)N1CCCC1=O.I. The second-order valence-electron chi connectivity index (χ2n) is 6.29. The van der Waals surface area contributed by atoms with Crippen molar-refractivity contribution in [2.24, 2.45) is 4.99 Å². The summed E-state index contributed by atoms with van der Waals surface area (Å²) in [5.41, 5.74) is -0.878. The average molecular weight is 533 g/mol. The molecular formula is C17H27F3IN5OS. The summed E-state index contributed by atoms with van der Waals surface area (Å²) in [6.07, 6.45) is -1.20. The van der Waals surface area contributed by atoms with Crippen LogP contribution >= 0.6 is 35.3 Å². The summed E-state index contributed by atoms with van der Waals surface area (Å²) in [4.78, 5) is 21.7. The molecule has 1 saturated heterocycles. The van der Waals surface area contributed by atoms with Crippen LogP contribution in [0.5, 0.6) is 0 Å². The van der Waals surface area contributed by atoms with Crippen LogP contribution in [0.4, 0.5) is 13.2 Å². The Morgan fingerprint density at radius 1 is 1.39 bits per heavy atom. The number of aliphatic imine (C=N–C) groups is 1. The van der Waals surface area contributed by atoms with Gasteiger partial charge in [0.05, 0.1) is 6.54 Å². The molecule has 11 heteroatoms. The maximum absolute atomic E-state index is 12.6. The summed E-state index contributed by atoms with van der Waals surface area (Å²) in [5, 5.41) is 7.58. The van der Waals surface area contributed by atoms with Crippen LogP contribution < -0.4 is 10.6 Å². The summed E-state index contributed by atoms with van der Waals surface area (Å²) in [5.74, 6) is 0.746. The Morgan fingerprint density at radius 3 is 2.68 bits per heavy atom. The molecule has 1 unspecified atom stereocenters. The zero-order chi connectivity index (χ0) is 19.9. The molecule has 0 aliphatic carbocycles. The smallest absolute Gasteiger partial charge is 0.357 e. The minimum absolute atomic E-state index is 0. The van der Waals surface area contributed by atoms with Crippen molar-refractivity contribution in [2.45, 2.75) is 58.3 Å². The maximum atomic E-state index is 12.6. The van der Waals surface area contributed by atoms with Gasteiger partial charge in [0.15, 0.2) is 11.7 Å². The van der Waals surface area contributed by atoms with Crippen molar-refractivity contribution < 1.29 is 18.0 Å². The van der Waals surface area contributed by atoms with Gasteiger partial charge < -0.3 is 15.5 Å². The van der Waals surface area contributed by atoms with E-state index in [0.717, 1.165) is 42.5 Å². The largest absolute Gasteiger partial charge is 0.434 e. The standard InChI is InChI=1S/C17H26F3N5OS.HI/c1-3-12(25-9-5-6-15(25)26)7-8-22-16(21-4-2)23-10-14-24-13(11-27-14)17(18,19)20;/h11-12H,3-10H2,1-2H3,(H2,21,22,23);1H. The van der Waals surface area contributed by atoms with Crippen molar-refractivity contribution in [3.8, 4) is 0 Å². The third kappa shape index (κ3) is 7.37. The number of hydrogen-bond donors (Lipinski definition) is 2. The molecule has 0 radical (unpaired) electrons. The van der Waals surface area contributed by atoms with Crippen LogP contribution in [0.15, 0.2) is 10.4 Å². The lowest BCUT2D eigenvalue weighted by Crippen LogP contribution is -2.42. The first-order valence-corrected chi connectivity index (χ1v) is 10.1. The predicted octanol–water partition coefficient (Wildman–Crippen LogP) is 3.63. The van der Waals surface area contributed by atoms with E-state index < -0.39 is 11.9 Å². The molecular weight excluding hydrogens is 506 g/mol. The van der Waals surface area contributed by atoms with E-state index in [4.69, 9.17) is 0 Å². The van der Waals surface area contributed by atoms with Crippen molar-refractivity contribution in [1.29, 1.82) is 0 Å². The molecule has 1 aromatic heterocycles. The van der Waals surface area contributed by atoms with Crippen molar-refractivity contribution in [3.05, 3.63) is 16.1 Å². The number of carbonyl (C=O) groups is 1. The van der Waals surface area contributed by atoms with Gasteiger partial charge in [-0.3, -0.25) is 4.79 Å². The Balaban J connectivity index is 0.00000392. The summed E-state index contributed by atoms with van der Waals surface area (Å²) in [6.45, 7) is 6.14. The number of rotatable bonds is 8. The van der Waals surface area contributed by atoms with E-state index >= 15 is 0 Å². The molecule has 1 fully saturated rings. The highest BCUT2D eigenvalue weighted by Crippen LogP contribution is 2.30. The number of amides is 1. The Kier molecular flexibility index (Phi) is 10.5. The molecule has 1 atom stereocenters. The van der Waals surface area contributed by atoms with Crippen LogP contribution in [0.1, 0.15) is 50.2 Å². The summed E-state index contributed by atoms with van der Waals surface area (Å²) >= 11 is 0.948. The summed E-state index contributed by atoms with van der Waals surface area (Å²) < 4.78 is 37.8. The summed E-state index contributed by atoms with van der Waals surface area (Å²) in [6, 6.07) is 0.198. The molecule has 1 aliphatic heterocycles. The van der Waals surface area contributed by atoms with Crippen molar-refractivity contribution in [2.75, 3.05) is 19.6 Å². The zero-order valence-electron chi connectivity index (χ0n) is 16.0. The van der Waals surface area contributed by atoms with Gasteiger partial charge in [-0.05, 0) is 26.2 Å². The van der Waals surface area contributed by atoms with Gasteiger partial charge in [0.25, 0.3) is 0 Å². The van der Waals surface area contributed by atoms with Gasteiger partial charge in [0.2, 0.25) is 5.91 Å². The second kappa shape index (κ2) is 11.8. The predicted molar refractivity (Wildman–Crippen MR) is 115 cm³/mol. The minimum atomic E-state index is -4.43. The van der Waals surface area contributed by atoms with Gasteiger partial charge in [0, 0.05) is 37.5 Å². The Bertz CT molecular complexity index is 653. The van der Waals surface area contributed by atoms with Crippen molar-refractivity contribution in [1.82, 2.24) is 20.5 Å². The number of alkyl halides is 3. The lowest BCUT2D eigenvalue weighted by molar-refractivity contribution is -0.140. The van der Waals surface area contributed by atoms with Gasteiger partial charge in [-0.1, -0.05) is 6.92 Å². The lowest BCUT2D eigenvalue weighted by atomic mass is 10.1. The molecule has 0 aromatic carbocycles. The van der Waals surface area contributed by atoms with Crippen LogP contribution in [0, 0.1) is 0 Å². The van der Waals surface area contributed by atoms with Crippen LogP contribution in [-0.4, -0.2) is 47.4 Å². The van der Waals surface area contributed by atoms with Crippen LogP contribution in [0.25, 0.3) is 0 Å². The monoisotopic (exact) mass is 533 g/mol. The average Bonchev–Trinajstić information content (AvgIpc) is 3.25. The van der Waals surface area contributed by atoms with E-state index in [2.05, 4.69) is 27.5 Å². The van der Waals surface area contributed by atoms with Crippen LogP contribution in [0.2, 0.25) is 0 Å². The first-order chi connectivity index (χ1) is 12.8. The molecule has 0 spiro atoms. The molecule has 1 aromatic rings. The first-order valence-electron chi connectivity index (χ1n) is 9.18. The minimum Gasteiger partial charge on any atom is -0.357 e. The van der Waals surface area contributed by atoms with Gasteiger partial charge in [-0.25, -0.2) is 9.98 Å². The molecule has 160 valence electrons. The number of hydrogen-bond acceptors (Lipinski definition) is 4. The molecule has 1 amide bonds. The quantitative estimate of drug-likeness (QED) is 0.305. The molecule has 0 saturated carbocycles. The van der Waals surface area contributed by atoms with E-state index in [-0.39, 0.29) is 42.5 Å². The fourth-order valence-corrected chi connectivity index (χ4v) is 3.72. The molecule has 28 heavy (non-hydrogen) atoms. The van der Waals surface area contributed by atoms with Crippen LogP contribution in [0.3, 0.4) is 0 Å². The van der Waals surface area contributed by atoms with Crippen LogP contribution in [-0.2, 0) is 17.5 Å². The molecule has 6 nitrogen and oxygen atoms in total. The van der Waals surface area contributed by atoms with E-state index in [1.165, 1.54) is 0 Å². The highest BCUT2D eigenvalue weighted by molar-refractivity contribution is 14.0. The number of carbonyl (C=O) groups excluding carboxylic acids is 1. The third-order valence-electron chi connectivity index (χ3n) is 4.35. The topological polar surface area (TPSA) is 69.6 Å². The Labute approximate surface area is 184 Å². The maximum Gasteiger partial charge on any atom is 0.434 e. The normalized spacial score (nSPS) is 16.1. The highest BCUT2D eigenvalue weighted by atomic mass is 127. The zero-order valence-corrected chi connectivity index (χ0v) is 19.2. The number of nitrogens with one attached hydrogen (secondary N) is 2. The summed E-state index contributed by atoms with van der Waals surface area (Å²) in [7, 11) is 0. The van der Waals surface area contributed by atoms with Crippen molar-refractivity contribution >= 4 is 47.2 Å². The fourth-order valence-electron chi connectivity index (χ4n) is 2.99. The van der Waals surface area contributed by atoms with Crippen molar-refractivity contribution in [3.63, 3.8) is 0 Å². The van der Waals surface area contributed by atoms with Gasteiger partial charge in [-0.2, -0.15) is 13.2 Å². The lowest BCUT2D eigenvalue weighted by Gasteiger charge is -2.27. The van der Waals surface area contributed by atoms with E-state index in [9.17, 15) is 18.0 Å². The van der Waals surface area contributed by atoms with E-state index in [0.29, 0.717) is 30.5 Å². The second-order valence-corrected chi connectivity index (χ2v) is 7.23.